The zero-order valence-corrected chi connectivity index (χ0v) is 12.6. The summed E-state index contributed by atoms with van der Waals surface area (Å²) in [6, 6.07) is 6.62. The van der Waals surface area contributed by atoms with Crippen molar-refractivity contribution >= 4 is 23.4 Å². The number of thioether (sulfide) groups is 1. The standard InChI is InChI=1S/C14H18N2O4S/c1-2-20-13(17)14(15)8-7-10(9-14)21-12-6-4-3-5-11(12)16(18)19/h3-6,10H,2,7-9,15H2,1H3. The number of benzene rings is 1. The number of hydrogen-bond acceptors (Lipinski definition) is 6. The predicted octanol–water partition coefficient (Wildman–Crippen LogP) is 2.50. The Kier molecular flexibility index (Phi) is 4.84. The van der Waals surface area contributed by atoms with E-state index in [-0.39, 0.29) is 16.9 Å². The van der Waals surface area contributed by atoms with Crippen LogP contribution in [0.5, 0.6) is 0 Å². The van der Waals surface area contributed by atoms with Gasteiger partial charge in [-0.3, -0.25) is 14.9 Å². The fraction of sp³-hybridized carbons (Fsp3) is 0.500. The number of carbonyl (C=O) groups is 1. The van der Waals surface area contributed by atoms with Gasteiger partial charge in [-0.1, -0.05) is 12.1 Å². The zero-order chi connectivity index (χ0) is 15.5. The largest absolute Gasteiger partial charge is 0.465 e. The Balaban J connectivity index is 2.06. The van der Waals surface area contributed by atoms with Crippen LogP contribution in [0.3, 0.4) is 0 Å². The van der Waals surface area contributed by atoms with Crippen LogP contribution in [0, 0.1) is 10.1 Å². The highest BCUT2D eigenvalue weighted by atomic mass is 32.2. The van der Waals surface area contributed by atoms with Crippen LogP contribution in [0.15, 0.2) is 29.2 Å². The van der Waals surface area contributed by atoms with Gasteiger partial charge < -0.3 is 10.5 Å². The van der Waals surface area contributed by atoms with E-state index in [1.807, 2.05) is 0 Å². The first-order valence-electron chi connectivity index (χ1n) is 6.82. The fourth-order valence-corrected chi connectivity index (χ4v) is 3.87. The highest BCUT2D eigenvalue weighted by molar-refractivity contribution is 8.00. The third-order valence-electron chi connectivity index (χ3n) is 3.54. The van der Waals surface area contributed by atoms with Crippen molar-refractivity contribution in [1.82, 2.24) is 0 Å². The molecule has 1 aliphatic carbocycles. The molecule has 1 aromatic carbocycles. The molecule has 21 heavy (non-hydrogen) atoms. The monoisotopic (exact) mass is 310 g/mol. The van der Waals surface area contributed by atoms with Gasteiger partial charge in [0, 0.05) is 11.3 Å². The molecule has 2 atom stereocenters. The molecule has 7 heteroatoms. The van der Waals surface area contributed by atoms with Gasteiger partial charge >= 0.3 is 5.97 Å². The van der Waals surface area contributed by atoms with E-state index in [0.29, 0.717) is 24.3 Å². The van der Waals surface area contributed by atoms with Crippen LogP contribution in [-0.4, -0.2) is 28.3 Å². The molecule has 0 aromatic heterocycles. The smallest absolute Gasteiger partial charge is 0.326 e. The molecule has 0 bridgehead atoms. The first-order chi connectivity index (χ1) is 9.96. The summed E-state index contributed by atoms with van der Waals surface area (Å²) in [4.78, 5) is 23.1. The lowest BCUT2D eigenvalue weighted by atomic mass is 10.00. The van der Waals surface area contributed by atoms with Crippen LogP contribution in [0.25, 0.3) is 0 Å². The van der Waals surface area contributed by atoms with Gasteiger partial charge in [0.25, 0.3) is 5.69 Å². The predicted molar refractivity (Wildman–Crippen MR) is 80.1 cm³/mol. The number of nitro groups is 1. The lowest BCUT2D eigenvalue weighted by Crippen LogP contribution is -2.47. The lowest BCUT2D eigenvalue weighted by molar-refractivity contribution is -0.387. The van der Waals surface area contributed by atoms with Crippen molar-refractivity contribution < 1.29 is 14.5 Å². The minimum absolute atomic E-state index is 0.0838. The van der Waals surface area contributed by atoms with Gasteiger partial charge in [0.1, 0.15) is 5.54 Å². The van der Waals surface area contributed by atoms with Crippen LogP contribution in [0.4, 0.5) is 5.69 Å². The van der Waals surface area contributed by atoms with Crippen molar-refractivity contribution in [3.8, 4) is 0 Å². The molecular formula is C14H18N2O4S. The second kappa shape index (κ2) is 6.44. The minimum atomic E-state index is -0.961. The molecule has 2 N–H and O–H groups in total. The summed E-state index contributed by atoms with van der Waals surface area (Å²) in [7, 11) is 0. The molecule has 2 unspecified atom stereocenters. The van der Waals surface area contributed by atoms with Crippen LogP contribution >= 0.6 is 11.8 Å². The first-order valence-corrected chi connectivity index (χ1v) is 7.70. The maximum absolute atomic E-state index is 11.9. The van der Waals surface area contributed by atoms with Gasteiger partial charge in [-0.15, -0.1) is 11.8 Å². The number of para-hydroxylation sites is 1. The van der Waals surface area contributed by atoms with E-state index in [1.54, 1.807) is 25.1 Å². The van der Waals surface area contributed by atoms with Crippen molar-refractivity contribution in [2.45, 2.75) is 41.9 Å². The summed E-state index contributed by atoms with van der Waals surface area (Å²) in [5.41, 5.74) is 5.24. The number of esters is 1. The summed E-state index contributed by atoms with van der Waals surface area (Å²) in [5, 5.41) is 11.1. The average Bonchev–Trinajstić information content (AvgIpc) is 2.82. The van der Waals surface area contributed by atoms with Gasteiger partial charge in [-0.2, -0.15) is 0 Å². The third-order valence-corrected chi connectivity index (χ3v) is 4.88. The molecule has 1 fully saturated rings. The zero-order valence-electron chi connectivity index (χ0n) is 11.8. The fourth-order valence-electron chi connectivity index (χ4n) is 2.48. The van der Waals surface area contributed by atoms with E-state index in [2.05, 4.69) is 0 Å². The Labute approximate surface area is 127 Å². The Morgan fingerprint density at radius 3 is 2.95 bits per heavy atom. The molecule has 0 aliphatic heterocycles. The van der Waals surface area contributed by atoms with Gasteiger partial charge in [-0.05, 0) is 32.3 Å². The number of nitrogens with zero attached hydrogens (tertiary/aromatic N) is 1. The summed E-state index contributed by atoms with van der Waals surface area (Å²) < 4.78 is 5.01. The van der Waals surface area contributed by atoms with Gasteiger partial charge in [0.05, 0.1) is 16.4 Å². The van der Waals surface area contributed by atoms with E-state index < -0.39 is 10.5 Å². The van der Waals surface area contributed by atoms with Crippen molar-refractivity contribution in [2.24, 2.45) is 5.73 Å². The number of nitro benzene ring substituents is 1. The normalized spacial score (nSPS) is 24.8. The molecule has 0 radical (unpaired) electrons. The van der Waals surface area contributed by atoms with Crippen LogP contribution in [0.1, 0.15) is 26.2 Å². The SMILES string of the molecule is CCOC(=O)C1(N)CCC(Sc2ccccc2[N+](=O)[O-])C1. The number of nitrogens with two attached hydrogens (primary N) is 1. The van der Waals surface area contributed by atoms with Crippen molar-refractivity contribution in [3.63, 3.8) is 0 Å². The van der Waals surface area contributed by atoms with Crippen molar-refractivity contribution in [3.05, 3.63) is 34.4 Å². The number of carbonyl (C=O) groups excluding carboxylic acids is 1. The minimum Gasteiger partial charge on any atom is -0.465 e. The average molecular weight is 310 g/mol. The molecule has 0 saturated heterocycles. The second-order valence-corrected chi connectivity index (χ2v) is 6.43. The van der Waals surface area contributed by atoms with E-state index in [1.165, 1.54) is 17.8 Å². The number of rotatable bonds is 5. The topological polar surface area (TPSA) is 95.5 Å². The molecule has 1 saturated carbocycles. The molecule has 1 aliphatic rings. The molecule has 6 nitrogen and oxygen atoms in total. The highest BCUT2D eigenvalue weighted by Crippen LogP contribution is 2.42. The van der Waals surface area contributed by atoms with Crippen molar-refractivity contribution in [2.75, 3.05) is 6.61 Å². The van der Waals surface area contributed by atoms with Gasteiger partial charge in [0.15, 0.2) is 0 Å². The molecular weight excluding hydrogens is 292 g/mol. The van der Waals surface area contributed by atoms with E-state index >= 15 is 0 Å². The van der Waals surface area contributed by atoms with E-state index in [0.717, 1.165) is 6.42 Å². The summed E-state index contributed by atoms with van der Waals surface area (Å²) in [6.07, 6.45) is 1.76. The molecule has 2 rings (SSSR count). The summed E-state index contributed by atoms with van der Waals surface area (Å²) in [5.74, 6) is -0.379. The van der Waals surface area contributed by atoms with Crippen molar-refractivity contribution in [1.29, 1.82) is 0 Å². The lowest BCUT2D eigenvalue weighted by Gasteiger charge is -2.21. The molecule has 0 spiro atoms. The van der Waals surface area contributed by atoms with E-state index in [4.69, 9.17) is 10.5 Å². The van der Waals surface area contributed by atoms with Crippen LogP contribution in [-0.2, 0) is 9.53 Å². The Bertz CT molecular complexity index is 552. The maximum Gasteiger partial charge on any atom is 0.326 e. The van der Waals surface area contributed by atoms with Gasteiger partial charge in [0.2, 0.25) is 0 Å². The van der Waals surface area contributed by atoms with Crippen LogP contribution in [0.2, 0.25) is 0 Å². The maximum atomic E-state index is 11.9. The first kappa shape index (κ1) is 15.8. The Morgan fingerprint density at radius 2 is 2.29 bits per heavy atom. The molecule has 1 aromatic rings. The Morgan fingerprint density at radius 1 is 1.57 bits per heavy atom. The third kappa shape index (κ3) is 3.54. The van der Waals surface area contributed by atoms with Crippen LogP contribution < -0.4 is 5.73 Å². The molecule has 0 heterocycles. The number of ether oxygens (including phenoxy) is 1. The van der Waals surface area contributed by atoms with E-state index in [9.17, 15) is 14.9 Å². The summed E-state index contributed by atoms with van der Waals surface area (Å²) >= 11 is 1.41. The Hall–Kier alpha value is -1.60. The number of hydrogen-bond donors (Lipinski definition) is 1. The molecule has 114 valence electrons. The molecule has 0 amide bonds. The highest BCUT2D eigenvalue weighted by Gasteiger charge is 2.43. The summed E-state index contributed by atoms with van der Waals surface area (Å²) in [6.45, 7) is 2.05. The second-order valence-electron chi connectivity index (χ2n) is 5.08. The quantitative estimate of drug-likeness (QED) is 0.510. The van der Waals surface area contributed by atoms with Gasteiger partial charge in [-0.25, -0.2) is 0 Å².